The number of ether oxygens (including phenoxy) is 2. The summed E-state index contributed by atoms with van der Waals surface area (Å²) in [4.78, 5) is 23.3. The molecule has 0 saturated carbocycles. The molecule has 6 nitrogen and oxygen atoms in total. The third-order valence-corrected chi connectivity index (χ3v) is 2.75. The van der Waals surface area contributed by atoms with Crippen LogP contribution in [0.15, 0.2) is 24.3 Å². The van der Waals surface area contributed by atoms with Gasteiger partial charge in [0, 0.05) is 25.4 Å². The van der Waals surface area contributed by atoms with Crippen LogP contribution in [-0.4, -0.2) is 38.2 Å². The van der Waals surface area contributed by atoms with E-state index >= 15 is 0 Å². The summed E-state index contributed by atoms with van der Waals surface area (Å²) in [6.45, 7) is 6.21. The van der Waals surface area contributed by atoms with E-state index in [1.165, 1.54) is 0 Å². The molecule has 0 aliphatic rings. The smallest absolute Gasteiger partial charge is 0.313 e. The molecular weight excluding hydrogens is 284 g/mol. The van der Waals surface area contributed by atoms with Crippen LogP contribution in [0.5, 0.6) is 5.75 Å². The highest BCUT2D eigenvalue weighted by atomic mass is 16.5. The standard InChI is InChI=1S/C16H24N2O4/c1-3-11-22-14-8-6-13(7-9-14)18-16(20)15(19)17-10-5-12-21-4-2/h6-9H,3-5,10-12H2,1-2H3,(H,17,19)(H,18,20). The predicted octanol–water partition coefficient (Wildman–Crippen LogP) is 1.96. The Morgan fingerprint density at radius 3 is 2.41 bits per heavy atom. The van der Waals surface area contributed by atoms with Crippen molar-refractivity contribution in [3.63, 3.8) is 0 Å². The van der Waals surface area contributed by atoms with E-state index < -0.39 is 11.8 Å². The number of carbonyl (C=O) groups is 2. The molecule has 0 atom stereocenters. The first-order valence-electron chi connectivity index (χ1n) is 7.57. The van der Waals surface area contributed by atoms with Crippen LogP contribution in [0.2, 0.25) is 0 Å². The molecule has 0 radical (unpaired) electrons. The molecule has 0 bridgehead atoms. The molecule has 2 N–H and O–H groups in total. The second kappa shape index (κ2) is 10.6. The van der Waals surface area contributed by atoms with E-state index in [9.17, 15) is 9.59 Å². The number of hydrogen-bond donors (Lipinski definition) is 2. The van der Waals surface area contributed by atoms with Gasteiger partial charge in [-0.1, -0.05) is 6.92 Å². The van der Waals surface area contributed by atoms with E-state index in [0.717, 1.165) is 12.2 Å². The Morgan fingerprint density at radius 1 is 1.05 bits per heavy atom. The van der Waals surface area contributed by atoms with Crippen LogP contribution in [0.1, 0.15) is 26.7 Å². The normalized spacial score (nSPS) is 10.1. The van der Waals surface area contributed by atoms with E-state index in [-0.39, 0.29) is 0 Å². The van der Waals surface area contributed by atoms with E-state index in [0.29, 0.717) is 38.5 Å². The fourth-order valence-corrected chi connectivity index (χ4v) is 1.64. The first-order valence-corrected chi connectivity index (χ1v) is 7.57. The molecule has 122 valence electrons. The lowest BCUT2D eigenvalue weighted by molar-refractivity contribution is -0.136. The first-order chi connectivity index (χ1) is 10.7. The summed E-state index contributed by atoms with van der Waals surface area (Å²) in [7, 11) is 0. The van der Waals surface area contributed by atoms with Crippen LogP contribution < -0.4 is 15.4 Å². The van der Waals surface area contributed by atoms with Gasteiger partial charge >= 0.3 is 11.8 Å². The van der Waals surface area contributed by atoms with Crippen molar-refractivity contribution in [2.24, 2.45) is 0 Å². The van der Waals surface area contributed by atoms with Crippen molar-refractivity contribution in [2.75, 3.05) is 31.7 Å². The molecule has 0 fully saturated rings. The summed E-state index contributed by atoms with van der Waals surface area (Å²) < 4.78 is 10.6. The van der Waals surface area contributed by atoms with E-state index in [1.54, 1.807) is 24.3 Å². The summed E-state index contributed by atoms with van der Waals surface area (Å²) in [5.74, 6) is -0.596. The molecule has 22 heavy (non-hydrogen) atoms. The largest absolute Gasteiger partial charge is 0.494 e. The Hall–Kier alpha value is -2.08. The summed E-state index contributed by atoms with van der Waals surface area (Å²) >= 11 is 0. The molecule has 0 heterocycles. The van der Waals surface area contributed by atoms with Gasteiger partial charge in [-0.25, -0.2) is 0 Å². The van der Waals surface area contributed by atoms with Crippen molar-refractivity contribution in [3.05, 3.63) is 24.3 Å². The molecule has 0 aliphatic heterocycles. The second-order valence-electron chi connectivity index (χ2n) is 4.63. The van der Waals surface area contributed by atoms with E-state index in [2.05, 4.69) is 10.6 Å². The maximum atomic E-state index is 11.7. The molecule has 6 heteroatoms. The SMILES string of the molecule is CCCOc1ccc(NC(=O)C(=O)NCCCOCC)cc1. The highest BCUT2D eigenvalue weighted by Crippen LogP contribution is 2.15. The number of nitrogens with one attached hydrogen (secondary N) is 2. The minimum atomic E-state index is -0.682. The fourth-order valence-electron chi connectivity index (χ4n) is 1.64. The number of amides is 2. The lowest BCUT2D eigenvalue weighted by Crippen LogP contribution is -2.36. The molecule has 1 rings (SSSR count). The van der Waals surface area contributed by atoms with Gasteiger partial charge in [0.1, 0.15) is 5.75 Å². The van der Waals surface area contributed by atoms with Crippen molar-refractivity contribution in [3.8, 4) is 5.75 Å². The summed E-state index contributed by atoms with van der Waals surface area (Å²) in [6, 6.07) is 6.91. The molecule has 0 aliphatic carbocycles. The average molecular weight is 308 g/mol. The van der Waals surface area contributed by atoms with Gasteiger partial charge in [0.2, 0.25) is 0 Å². The molecule has 1 aromatic carbocycles. The summed E-state index contributed by atoms with van der Waals surface area (Å²) in [5, 5.41) is 5.08. The van der Waals surface area contributed by atoms with Crippen molar-refractivity contribution in [2.45, 2.75) is 26.7 Å². The van der Waals surface area contributed by atoms with Crippen LogP contribution in [0, 0.1) is 0 Å². The van der Waals surface area contributed by atoms with Gasteiger partial charge in [0.25, 0.3) is 0 Å². The Kier molecular flexibility index (Phi) is 8.67. The van der Waals surface area contributed by atoms with Crippen LogP contribution in [-0.2, 0) is 14.3 Å². The Bertz CT molecular complexity index is 460. The number of rotatable bonds is 9. The van der Waals surface area contributed by atoms with Crippen molar-refractivity contribution < 1.29 is 19.1 Å². The van der Waals surface area contributed by atoms with E-state index in [4.69, 9.17) is 9.47 Å². The van der Waals surface area contributed by atoms with Crippen LogP contribution in [0.3, 0.4) is 0 Å². The molecular formula is C16H24N2O4. The van der Waals surface area contributed by atoms with Crippen molar-refractivity contribution in [1.82, 2.24) is 5.32 Å². The molecule has 0 aromatic heterocycles. The topological polar surface area (TPSA) is 76.7 Å². The van der Waals surface area contributed by atoms with Crippen LogP contribution >= 0.6 is 0 Å². The average Bonchev–Trinajstić information content (AvgIpc) is 2.53. The maximum absolute atomic E-state index is 11.7. The summed E-state index contributed by atoms with van der Waals surface area (Å²) in [6.07, 6.45) is 1.61. The monoisotopic (exact) mass is 308 g/mol. The fraction of sp³-hybridized carbons (Fsp3) is 0.500. The van der Waals surface area contributed by atoms with Crippen molar-refractivity contribution in [1.29, 1.82) is 0 Å². The highest BCUT2D eigenvalue weighted by molar-refractivity contribution is 6.39. The number of hydrogen-bond acceptors (Lipinski definition) is 4. The van der Waals surface area contributed by atoms with Crippen LogP contribution in [0.4, 0.5) is 5.69 Å². The Balaban J connectivity index is 2.32. The molecule has 0 saturated heterocycles. The molecule has 1 aromatic rings. The zero-order chi connectivity index (χ0) is 16.2. The molecule has 0 spiro atoms. The molecule has 0 unspecified atom stereocenters. The van der Waals surface area contributed by atoms with Gasteiger partial charge < -0.3 is 20.1 Å². The van der Waals surface area contributed by atoms with Gasteiger partial charge in [0.05, 0.1) is 6.61 Å². The third-order valence-electron chi connectivity index (χ3n) is 2.75. The minimum absolute atomic E-state index is 0.413. The quantitative estimate of drug-likeness (QED) is 0.540. The Morgan fingerprint density at radius 2 is 1.77 bits per heavy atom. The second-order valence-corrected chi connectivity index (χ2v) is 4.63. The minimum Gasteiger partial charge on any atom is -0.494 e. The Labute approximate surface area is 131 Å². The number of benzene rings is 1. The van der Waals surface area contributed by atoms with Crippen LogP contribution in [0.25, 0.3) is 0 Å². The van der Waals surface area contributed by atoms with Gasteiger partial charge in [-0.15, -0.1) is 0 Å². The number of anilines is 1. The summed E-state index contributed by atoms with van der Waals surface area (Å²) in [5.41, 5.74) is 0.554. The maximum Gasteiger partial charge on any atom is 0.313 e. The highest BCUT2D eigenvalue weighted by Gasteiger charge is 2.12. The van der Waals surface area contributed by atoms with E-state index in [1.807, 2.05) is 13.8 Å². The lowest BCUT2D eigenvalue weighted by Gasteiger charge is -2.08. The van der Waals surface area contributed by atoms with Gasteiger partial charge in [-0.05, 0) is 44.0 Å². The predicted molar refractivity (Wildman–Crippen MR) is 85.0 cm³/mol. The molecule has 2 amide bonds. The lowest BCUT2D eigenvalue weighted by atomic mass is 10.3. The first kappa shape index (κ1) is 18.0. The van der Waals surface area contributed by atoms with Crippen molar-refractivity contribution >= 4 is 17.5 Å². The third kappa shape index (κ3) is 7.08. The zero-order valence-electron chi connectivity index (χ0n) is 13.2. The zero-order valence-corrected chi connectivity index (χ0v) is 13.2. The number of carbonyl (C=O) groups excluding carboxylic acids is 2. The van der Waals surface area contributed by atoms with Gasteiger partial charge in [0.15, 0.2) is 0 Å². The van der Waals surface area contributed by atoms with Gasteiger partial charge in [-0.3, -0.25) is 9.59 Å². The van der Waals surface area contributed by atoms with Gasteiger partial charge in [-0.2, -0.15) is 0 Å².